The number of aromatic nitrogens is 3. The second-order valence-electron chi connectivity index (χ2n) is 15.3. The largest absolute Gasteiger partial charge is 0.508 e. The Hall–Kier alpha value is -4.11. The number of hydrogen-bond donors (Lipinski definition) is 3. The third-order valence-electron chi connectivity index (χ3n) is 11.8. The first-order valence-electron chi connectivity index (χ1n) is 17.8. The number of benzene rings is 2. The number of pyridine rings is 1. The summed E-state index contributed by atoms with van der Waals surface area (Å²) >= 11 is 0. The number of likely N-dealkylation sites (tertiary alicyclic amines) is 1. The van der Waals surface area contributed by atoms with Gasteiger partial charge in [-0.3, -0.25) is 9.88 Å². The van der Waals surface area contributed by atoms with Gasteiger partial charge < -0.3 is 25.0 Å². The number of ether oxygens (including phenoxy) is 1. The molecule has 2 aliphatic heterocycles. The van der Waals surface area contributed by atoms with Crippen molar-refractivity contribution >= 4 is 27.5 Å². The van der Waals surface area contributed by atoms with Crippen molar-refractivity contribution in [2.75, 3.05) is 37.7 Å². The Morgan fingerprint density at radius 1 is 1.08 bits per heavy atom. The van der Waals surface area contributed by atoms with Crippen LogP contribution in [0.15, 0.2) is 30.5 Å². The average Bonchev–Trinajstić information content (AvgIpc) is 3.51. The van der Waals surface area contributed by atoms with Crippen molar-refractivity contribution in [3.63, 3.8) is 0 Å². The zero-order valence-corrected chi connectivity index (χ0v) is 28.3. The molecule has 3 N–H and O–H groups in total. The second-order valence-corrected chi connectivity index (χ2v) is 15.3. The molecule has 2 saturated carbocycles. The Kier molecular flexibility index (Phi) is 8.32. The Labute approximate surface area is 290 Å². The molecule has 50 heavy (non-hydrogen) atoms. The van der Waals surface area contributed by atoms with Gasteiger partial charge in [0, 0.05) is 54.3 Å². The van der Waals surface area contributed by atoms with Gasteiger partial charge in [0.1, 0.15) is 28.6 Å². The van der Waals surface area contributed by atoms with Crippen LogP contribution in [0.2, 0.25) is 0 Å². The minimum absolute atomic E-state index is 0.0226. The summed E-state index contributed by atoms with van der Waals surface area (Å²) in [5.74, 6) is 1.64. The Morgan fingerprint density at radius 2 is 1.88 bits per heavy atom. The Bertz CT molecular complexity index is 2010. The van der Waals surface area contributed by atoms with Crippen molar-refractivity contribution in [1.29, 1.82) is 0 Å². The maximum Gasteiger partial charge on any atom is 0.319 e. The number of phenols is 1. The zero-order valence-electron chi connectivity index (χ0n) is 28.3. The summed E-state index contributed by atoms with van der Waals surface area (Å²) in [5, 5.41) is 32.3. The molecule has 2 aromatic carbocycles. The molecular weight excluding hydrogens is 640 g/mol. The number of anilines is 1. The minimum atomic E-state index is -0.962. The predicted octanol–water partition coefficient (Wildman–Crippen LogP) is 5.95. The van der Waals surface area contributed by atoms with Crippen LogP contribution in [0.3, 0.4) is 0 Å². The van der Waals surface area contributed by atoms with Crippen LogP contribution in [-0.4, -0.2) is 85.7 Å². The summed E-state index contributed by atoms with van der Waals surface area (Å²) in [6.07, 6.45) is 15.9. The molecule has 9 nitrogen and oxygen atoms in total. The lowest BCUT2D eigenvalue weighted by atomic mass is 9.72. The number of aliphatic hydroxyl groups excluding tert-OH is 1. The molecule has 0 radical (unpaired) electrons. The summed E-state index contributed by atoms with van der Waals surface area (Å²) in [6, 6.07) is 6.40. The van der Waals surface area contributed by atoms with Crippen LogP contribution in [0, 0.1) is 35.3 Å². The second kappa shape index (κ2) is 12.6. The number of β-amino-alcohol motifs (C(OH)–C–C–N with tert-alkyl or cyclic N) is 1. The van der Waals surface area contributed by atoms with Crippen LogP contribution in [0.4, 0.5) is 14.6 Å². The van der Waals surface area contributed by atoms with Crippen molar-refractivity contribution < 1.29 is 28.8 Å². The van der Waals surface area contributed by atoms with Crippen LogP contribution in [0.25, 0.3) is 32.9 Å². The third kappa shape index (κ3) is 5.62. The first-order valence-corrected chi connectivity index (χ1v) is 17.8. The number of phenolic OH excluding ortho intramolecular Hbond substituents is 1. The topological polar surface area (TPSA) is 115 Å². The molecule has 4 heterocycles. The Morgan fingerprint density at radius 3 is 2.66 bits per heavy atom. The molecule has 11 heteroatoms. The summed E-state index contributed by atoms with van der Waals surface area (Å²) in [7, 11) is 0. The smallest absolute Gasteiger partial charge is 0.319 e. The number of hydrogen-bond acceptors (Lipinski definition) is 9. The van der Waals surface area contributed by atoms with Crippen molar-refractivity contribution in [1.82, 2.24) is 19.9 Å². The number of terminal acetylenes is 1. The number of piperidine rings is 2. The number of nitrogens with zero attached hydrogens (tertiary/aromatic N) is 5. The van der Waals surface area contributed by atoms with Gasteiger partial charge in [0.05, 0.1) is 23.2 Å². The van der Waals surface area contributed by atoms with Crippen LogP contribution < -0.4 is 9.64 Å². The van der Waals surface area contributed by atoms with E-state index in [0.29, 0.717) is 60.7 Å². The van der Waals surface area contributed by atoms with E-state index < -0.39 is 17.2 Å². The average molecular weight is 684 g/mol. The maximum atomic E-state index is 17.0. The highest BCUT2D eigenvalue weighted by Gasteiger charge is 2.51. The van der Waals surface area contributed by atoms with Gasteiger partial charge in [-0.25, -0.2) is 8.78 Å². The van der Waals surface area contributed by atoms with E-state index in [1.807, 2.05) is 4.90 Å². The van der Waals surface area contributed by atoms with Gasteiger partial charge in [-0.1, -0.05) is 18.4 Å². The van der Waals surface area contributed by atoms with Crippen LogP contribution in [0.1, 0.15) is 70.3 Å². The van der Waals surface area contributed by atoms with E-state index in [1.54, 1.807) is 6.92 Å². The number of halogens is 2. The first-order chi connectivity index (χ1) is 24.1. The summed E-state index contributed by atoms with van der Waals surface area (Å²) in [6.45, 7) is 4.37. The molecule has 2 saturated heterocycles. The number of aliphatic hydroxyl groups is 2. The van der Waals surface area contributed by atoms with E-state index in [2.05, 4.69) is 20.8 Å². The Balaban J connectivity index is 1.21. The maximum absolute atomic E-state index is 17.0. The normalized spacial score (nSPS) is 28.4. The highest BCUT2D eigenvalue weighted by Crippen LogP contribution is 2.51. The monoisotopic (exact) mass is 683 g/mol. The number of aromatic hydroxyl groups is 1. The van der Waals surface area contributed by atoms with Crippen LogP contribution in [-0.2, 0) is 0 Å². The molecule has 2 aromatic heterocycles. The van der Waals surface area contributed by atoms with Gasteiger partial charge in [-0.15, -0.1) is 6.42 Å². The lowest BCUT2D eigenvalue weighted by Gasteiger charge is -2.53. The predicted molar refractivity (Wildman–Crippen MR) is 187 cm³/mol. The zero-order chi connectivity index (χ0) is 34.8. The fourth-order valence-electron chi connectivity index (χ4n) is 9.37. The molecule has 8 rings (SSSR count). The highest BCUT2D eigenvalue weighted by atomic mass is 19.1. The fraction of sp³-hybridized carbons (Fsp3) is 0.513. The van der Waals surface area contributed by atoms with E-state index in [-0.39, 0.29) is 51.5 Å². The molecule has 4 aromatic rings. The van der Waals surface area contributed by atoms with Crippen LogP contribution >= 0.6 is 0 Å². The van der Waals surface area contributed by atoms with E-state index in [0.717, 1.165) is 57.9 Å². The fourth-order valence-corrected chi connectivity index (χ4v) is 9.37. The lowest BCUT2D eigenvalue weighted by Crippen LogP contribution is -2.58. The van der Waals surface area contributed by atoms with Gasteiger partial charge >= 0.3 is 6.01 Å². The molecule has 0 spiro atoms. The molecule has 1 unspecified atom stereocenters. The van der Waals surface area contributed by atoms with Gasteiger partial charge in [0.15, 0.2) is 5.82 Å². The quantitative estimate of drug-likeness (QED) is 0.204. The van der Waals surface area contributed by atoms with Crippen molar-refractivity contribution in [2.24, 2.45) is 11.3 Å². The molecule has 262 valence electrons. The molecule has 2 aliphatic carbocycles. The van der Waals surface area contributed by atoms with E-state index in [1.165, 1.54) is 30.5 Å². The summed E-state index contributed by atoms with van der Waals surface area (Å²) in [4.78, 5) is 18.6. The van der Waals surface area contributed by atoms with Crippen molar-refractivity contribution in [3.8, 4) is 35.4 Å². The number of fused-ring (bicyclic) bond motifs is 3. The minimum Gasteiger partial charge on any atom is -0.508 e. The van der Waals surface area contributed by atoms with Crippen LogP contribution in [0.5, 0.6) is 11.8 Å². The van der Waals surface area contributed by atoms with Gasteiger partial charge in [-0.2, -0.15) is 9.97 Å². The standard InChI is InChI=1S/C39H43F2N5O4/c1-3-27-30(40)9-8-24-17-26(48)18-28(32(24)27)34-33(41)35-29(19-42-34)36(45-13-5-10-38(2,49)21-45)44-37(43-35)50-22-39-11-4-7-31(39)46(14-6-12-39)25-15-23(16-25)20-47/h1,8-9,17-19,23,25,31,47-49H,4-7,10-16,20-22H2,2H3/t23?,25?,31?,38-,39-/m1/s1. The first kappa shape index (κ1) is 33.1. The van der Waals surface area contributed by atoms with E-state index in [9.17, 15) is 19.7 Å². The third-order valence-corrected chi connectivity index (χ3v) is 11.8. The molecule has 4 aliphatic rings. The van der Waals surface area contributed by atoms with Gasteiger partial charge in [0.25, 0.3) is 0 Å². The van der Waals surface area contributed by atoms with Crippen molar-refractivity contribution in [3.05, 3.63) is 47.7 Å². The SMILES string of the molecule is C#Cc1c(F)ccc2cc(O)cc(-c3ncc4c(N5CCC[C@@](C)(O)C5)nc(OC[C@]56CCCC5N(C5CC(CO)C5)CCC6)nc4c3F)c12. The molecule has 3 atom stereocenters. The van der Waals surface area contributed by atoms with E-state index in [4.69, 9.17) is 16.1 Å². The van der Waals surface area contributed by atoms with Crippen molar-refractivity contribution in [2.45, 2.75) is 82.4 Å². The summed E-state index contributed by atoms with van der Waals surface area (Å²) in [5.41, 5.74) is -1.11. The molecule has 4 fully saturated rings. The molecule has 0 amide bonds. The highest BCUT2D eigenvalue weighted by molar-refractivity contribution is 6.03. The van der Waals surface area contributed by atoms with Gasteiger partial charge in [-0.05, 0) is 94.3 Å². The summed E-state index contributed by atoms with van der Waals surface area (Å²) < 4.78 is 38.4. The van der Waals surface area contributed by atoms with E-state index >= 15 is 4.39 Å². The van der Waals surface area contributed by atoms with Gasteiger partial charge in [0.2, 0.25) is 0 Å². The molecule has 0 bridgehead atoms. The molecular formula is C39H43F2N5O4. The lowest BCUT2D eigenvalue weighted by molar-refractivity contribution is -0.0596. The number of rotatable bonds is 7.